The van der Waals surface area contributed by atoms with E-state index in [4.69, 9.17) is 26.8 Å². The van der Waals surface area contributed by atoms with Gasteiger partial charge in [-0.15, -0.1) is 0 Å². The third kappa shape index (κ3) is 2.75. The summed E-state index contributed by atoms with van der Waals surface area (Å²) in [6, 6.07) is 4.11. The molecule has 1 aromatic rings. The van der Waals surface area contributed by atoms with E-state index in [1.165, 1.54) is 0 Å². The molecule has 0 bridgehead atoms. The highest BCUT2D eigenvalue weighted by atomic mass is 35.5. The fourth-order valence-corrected chi connectivity index (χ4v) is 2.65. The first-order chi connectivity index (χ1) is 7.66. The van der Waals surface area contributed by atoms with Crippen molar-refractivity contribution in [2.75, 3.05) is 12.5 Å². The number of hydrogen-bond acceptors (Lipinski definition) is 4. The van der Waals surface area contributed by atoms with Gasteiger partial charge in [-0.3, -0.25) is 0 Å². The monoisotopic (exact) mass is 259 g/mol. The van der Waals surface area contributed by atoms with Crippen molar-refractivity contribution in [3.63, 3.8) is 0 Å². The number of thioether (sulfide) groups is 1. The van der Waals surface area contributed by atoms with Gasteiger partial charge in [0.15, 0.2) is 11.5 Å². The van der Waals surface area contributed by atoms with Crippen LogP contribution in [0.15, 0.2) is 12.1 Å². The molecule has 0 amide bonds. The maximum absolute atomic E-state index is 6.08. The van der Waals surface area contributed by atoms with E-state index in [0.29, 0.717) is 10.8 Å². The summed E-state index contributed by atoms with van der Waals surface area (Å²) in [5.41, 5.74) is 6.82. The van der Waals surface area contributed by atoms with Crippen LogP contribution in [-0.4, -0.2) is 18.6 Å². The summed E-state index contributed by atoms with van der Waals surface area (Å²) in [5.74, 6) is 3.22. The predicted octanol–water partition coefficient (Wildman–Crippen LogP) is 2.65. The van der Waals surface area contributed by atoms with Crippen molar-refractivity contribution in [1.82, 2.24) is 0 Å². The third-order valence-corrected chi connectivity index (χ3v) is 3.72. The smallest absolute Gasteiger partial charge is 0.231 e. The van der Waals surface area contributed by atoms with Crippen molar-refractivity contribution in [3.8, 4) is 11.5 Å². The van der Waals surface area contributed by atoms with Crippen molar-refractivity contribution in [1.29, 1.82) is 0 Å². The molecule has 1 heterocycles. The molecule has 0 saturated heterocycles. The Balaban J connectivity index is 2.03. The second kappa shape index (κ2) is 5.17. The normalized spacial score (nSPS) is 15.2. The molecule has 88 valence electrons. The summed E-state index contributed by atoms with van der Waals surface area (Å²) < 4.78 is 10.6. The Bertz CT molecular complexity index is 384. The zero-order valence-electron chi connectivity index (χ0n) is 9.03. The van der Waals surface area contributed by atoms with Crippen molar-refractivity contribution in [2.45, 2.75) is 18.7 Å². The standard InChI is InChI=1S/C11H14ClNO2S/c1-7(13)4-16-5-8-2-9(12)11-10(3-8)14-6-15-11/h2-3,7H,4-6,13H2,1H3. The van der Waals surface area contributed by atoms with Gasteiger partial charge in [0, 0.05) is 17.5 Å². The lowest BCUT2D eigenvalue weighted by Crippen LogP contribution is -2.17. The lowest BCUT2D eigenvalue weighted by atomic mass is 10.2. The Morgan fingerprint density at radius 3 is 3.06 bits per heavy atom. The van der Waals surface area contributed by atoms with Crippen LogP contribution in [0.4, 0.5) is 0 Å². The molecule has 0 radical (unpaired) electrons. The molecule has 3 nitrogen and oxygen atoms in total. The average Bonchev–Trinajstić information content (AvgIpc) is 2.65. The molecule has 2 N–H and O–H groups in total. The molecule has 16 heavy (non-hydrogen) atoms. The van der Waals surface area contributed by atoms with Crippen molar-refractivity contribution >= 4 is 23.4 Å². The Kier molecular flexibility index (Phi) is 3.84. The van der Waals surface area contributed by atoms with Crippen LogP contribution in [0.5, 0.6) is 11.5 Å². The van der Waals surface area contributed by atoms with Gasteiger partial charge >= 0.3 is 0 Å². The largest absolute Gasteiger partial charge is 0.454 e. The molecule has 2 rings (SSSR count). The maximum Gasteiger partial charge on any atom is 0.231 e. The van der Waals surface area contributed by atoms with E-state index in [1.807, 2.05) is 19.1 Å². The number of hydrogen-bond donors (Lipinski definition) is 1. The zero-order valence-corrected chi connectivity index (χ0v) is 10.6. The number of ether oxygens (including phenoxy) is 2. The quantitative estimate of drug-likeness (QED) is 0.903. The summed E-state index contributed by atoms with van der Waals surface area (Å²) >= 11 is 7.87. The van der Waals surface area contributed by atoms with Gasteiger partial charge in [0.05, 0.1) is 5.02 Å². The molecular weight excluding hydrogens is 246 g/mol. The van der Waals surface area contributed by atoms with E-state index < -0.39 is 0 Å². The Hall–Kier alpha value is -0.580. The van der Waals surface area contributed by atoms with Gasteiger partial charge in [-0.1, -0.05) is 11.6 Å². The Labute approximate surface area is 104 Å². The minimum Gasteiger partial charge on any atom is -0.454 e. The van der Waals surface area contributed by atoms with E-state index in [2.05, 4.69) is 0 Å². The lowest BCUT2D eigenvalue weighted by molar-refractivity contribution is 0.174. The first kappa shape index (κ1) is 11.9. The van der Waals surface area contributed by atoms with Gasteiger partial charge in [0.25, 0.3) is 0 Å². The first-order valence-corrected chi connectivity index (χ1v) is 6.61. The van der Waals surface area contributed by atoms with Crippen LogP contribution in [0, 0.1) is 0 Å². The van der Waals surface area contributed by atoms with E-state index in [0.717, 1.165) is 22.8 Å². The van der Waals surface area contributed by atoms with E-state index >= 15 is 0 Å². The molecule has 5 heteroatoms. The van der Waals surface area contributed by atoms with Crippen LogP contribution < -0.4 is 15.2 Å². The van der Waals surface area contributed by atoms with Gasteiger partial charge in [-0.05, 0) is 24.6 Å². The highest BCUT2D eigenvalue weighted by Gasteiger charge is 2.18. The van der Waals surface area contributed by atoms with Crippen LogP contribution in [0.3, 0.4) is 0 Å². The number of halogens is 1. The van der Waals surface area contributed by atoms with E-state index in [1.54, 1.807) is 11.8 Å². The summed E-state index contributed by atoms with van der Waals surface area (Å²) in [5, 5.41) is 0.617. The zero-order chi connectivity index (χ0) is 11.5. The molecule has 1 atom stereocenters. The number of rotatable bonds is 4. The minimum absolute atomic E-state index is 0.217. The van der Waals surface area contributed by atoms with Gasteiger partial charge < -0.3 is 15.2 Å². The van der Waals surface area contributed by atoms with Crippen LogP contribution in [0.25, 0.3) is 0 Å². The van der Waals surface area contributed by atoms with Crippen LogP contribution in [0.1, 0.15) is 12.5 Å². The van der Waals surface area contributed by atoms with E-state index in [-0.39, 0.29) is 12.8 Å². The summed E-state index contributed by atoms with van der Waals surface area (Å²) in [4.78, 5) is 0. The molecule has 0 spiro atoms. The van der Waals surface area contributed by atoms with Crippen LogP contribution in [-0.2, 0) is 5.75 Å². The van der Waals surface area contributed by atoms with Gasteiger partial charge in [-0.25, -0.2) is 0 Å². The van der Waals surface area contributed by atoms with Gasteiger partial charge in [0.2, 0.25) is 6.79 Å². The highest BCUT2D eigenvalue weighted by Crippen LogP contribution is 2.40. The Morgan fingerprint density at radius 1 is 1.50 bits per heavy atom. The van der Waals surface area contributed by atoms with E-state index in [9.17, 15) is 0 Å². The predicted molar refractivity (Wildman–Crippen MR) is 67.4 cm³/mol. The second-order valence-electron chi connectivity index (χ2n) is 3.80. The molecule has 1 aromatic carbocycles. The SMILES string of the molecule is CC(N)CSCc1cc(Cl)c2c(c1)OCO2. The lowest BCUT2D eigenvalue weighted by Gasteiger charge is -2.06. The molecular formula is C11H14ClNO2S. The van der Waals surface area contributed by atoms with Gasteiger partial charge in [0.1, 0.15) is 0 Å². The molecule has 0 saturated carbocycles. The molecule has 0 aliphatic carbocycles. The van der Waals surface area contributed by atoms with Gasteiger partial charge in [-0.2, -0.15) is 11.8 Å². The summed E-state index contributed by atoms with van der Waals surface area (Å²) in [6.07, 6.45) is 0. The van der Waals surface area contributed by atoms with Crippen molar-refractivity contribution in [3.05, 3.63) is 22.7 Å². The van der Waals surface area contributed by atoms with Crippen molar-refractivity contribution < 1.29 is 9.47 Å². The average molecular weight is 260 g/mol. The minimum atomic E-state index is 0.217. The molecule has 0 aromatic heterocycles. The molecule has 1 aliphatic heterocycles. The summed E-state index contributed by atoms with van der Waals surface area (Å²) in [6.45, 7) is 2.26. The fourth-order valence-electron chi connectivity index (χ4n) is 1.47. The Morgan fingerprint density at radius 2 is 2.31 bits per heavy atom. The summed E-state index contributed by atoms with van der Waals surface area (Å²) in [7, 11) is 0. The number of benzene rings is 1. The topological polar surface area (TPSA) is 44.5 Å². The fraction of sp³-hybridized carbons (Fsp3) is 0.455. The first-order valence-electron chi connectivity index (χ1n) is 5.08. The molecule has 1 aliphatic rings. The third-order valence-electron chi connectivity index (χ3n) is 2.14. The van der Waals surface area contributed by atoms with Crippen LogP contribution >= 0.6 is 23.4 Å². The second-order valence-corrected chi connectivity index (χ2v) is 5.24. The van der Waals surface area contributed by atoms with Crippen LogP contribution in [0.2, 0.25) is 5.02 Å². The highest BCUT2D eigenvalue weighted by molar-refractivity contribution is 7.98. The maximum atomic E-state index is 6.08. The molecule has 1 unspecified atom stereocenters. The number of fused-ring (bicyclic) bond motifs is 1. The molecule has 0 fully saturated rings. The number of nitrogens with two attached hydrogens (primary N) is 1. The van der Waals surface area contributed by atoms with Crippen molar-refractivity contribution in [2.24, 2.45) is 5.73 Å².